The van der Waals surface area contributed by atoms with E-state index in [9.17, 15) is 26.7 Å². The van der Waals surface area contributed by atoms with Crippen LogP contribution in [0.5, 0.6) is 0 Å². The maximum absolute atomic E-state index is 14.3. The van der Waals surface area contributed by atoms with E-state index in [-0.39, 0.29) is 11.3 Å². The lowest BCUT2D eigenvalue weighted by molar-refractivity contribution is -0.762. The van der Waals surface area contributed by atoms with Crippen LogP contribution < -0.4 is 10.00 Å². The van der Waals surface area contributed by atoms with Gasteiger partial charge >= 0.3 is 6.18 Å². The number of hydrogen-bond acceptors (Lipinski definition) is 4. The third-order valence-electron chi connectivity index (χ3n) is 5.60. The molecule has 36 heavy (non-hydrogen) atoms. The zero-order chi connectivity index (χ0) is 26.3. The summed E-state index contributed by atoms with van der Waals surface area (Å²) in [7, 11) is 0. The van der Waals surface area contributed by atoms with Crippen molar-refractivity contribution < 1.29 is 36.0 Å². The van der Waals surface area contributed by atoms with Gasteiger partial charge in [0.15, 0.2) is 11.5 Å². The Morgan fingerprint density at radius 3 is 2.53 bits per heavy atom. The number of alkyl halides is 5. The van der Waals surface area contributed by atoms with Crippen LogP contribution in [0.3, 0.4) is 0 Å². The predicted octanol–water partition coefficient (Wildman–Crippen LogP) is 5.65. The summed E-state index contributed by atoms with van der Waals surface area (Å²) in [5.74, 6) is -3.80. The molecular formula is C24H21F5N5O2+. The monoisotopic (exact) mass is 506 g/mol. The van der Waals surface area contributed by atoms with Gasteiger partial charge in [0, 0.05) is 37.2 Å². The Bertz CT molecular complexity index is 1390. The highest BCUT2D eigenvalue weighted by Crippen LogP contribution is 2.38. The minimum absolute atomic E-state index is 0.00358. The Hall–Kier alpha value is -4.09. The van der Waals surface area contributed by atoms with E-state index in [0.29, 0.717) is 35.8 Å². The maximum atomic E-state index is 14.3. The van der Waals surface area contributed by atoms with E-state index in [2.05, 4.69) is 20.6 Å². The van der Waals surface area contributed by atoms with Gasteiger partial charge in [0.1, 0.15) is 11.4 Å². The van der Waals surface area contributed by atoms with Gasteiger partial charge in [-0.3, -0.25) is 9.78 Å². The summed E-state index contributed by atoms with van der Waals surface area (Å²) < 4.78 is 74.5. The molecule has 0 radical (unpaired) electrons. The summed E-state index contributed by atoms with van der Waals surface area (Å²) in [6.45, 7) is 3.74. The molecule has 0 bridgehead atoms. The van der Waals surface area contributed by atoms with Crippen molar-refractivity contribution >= 4 is 11.6 Å². The fraction of sp³-hybridized carbons (Fsp3) is 0.250. The highest BCUT2D eigenvalue weighted by Gasteiger charge is 2.38. The standard InChI is InChI=1S/C24H20F5N5O2/c1-13-20(31-22(35)19-11-21(36-33-19)18-6-4-5-9-30-18)12-34(32-13)14(2)16-8-7-15(24(27,28)29)10-17(16)23(3,25)26/h4-12,14H,1-3H3,(H,31,35)/p+1. The van der Waals surface area contributed by atoms with E-state index in [1.807, 2.05) is 0 Å². The fourth-order valence-electron chi connectivity index (χ4n) is 3.68. The lowest BCUT2D eigenvalue weighted by atomic mass is 9.95. The first-order valence-corrected chi connectivity index (χ1v) is 10.7. The third-order valence-corrected chi connectivity index (χ3v) is 5.60. The molecular weight excluding hydrogens is 485 g/mol. The number of H-pyrrole nitrogens is 1. The molecule has 12 heteroatoms. The number of halogens is 5. The van der Waals surface area contributed by atoms with Gasteiger partial charge in [-0.05, 0) is 31.2 Å². The summed E-state index contributed by atoms with van der Waals surface area (Å²) in [5, 5.41) is 9.35. The van der Waals surface area contributed by atoms with E-state index in [1.54, 1.807) is 38.2 Å². The van der Waals surface area contributed by atoms with Crippen molar-refractivity contribution in [3.05, 3.63) is 82.9 Å². The SMILES string of the molecule is Cc1[nH][n+](C(C)c2ccc(C(F)(F)F)cc2C(C)(F)F)cc1NC(=O)c1cc(-c2ccccn2)on1. The molecule has 0 fully saturated rings. The van der Waals surface area contributed by atoms with Gasteiger partial charge in [-0.2, -0.15) is 18.3 Å². The minimum atomic E-state index is -4.76. The largest absolute Gasteiger partial charge is 0.416 e. The third kappa shape index (κ3) is 5.11. The van der Waals surface area contributed by atoms with E-state index in [1.165, 1.54) is 16.9 Å². The molecule has 0 aliphatic heterocycles. The number of carbonyl (C=O) groups is 1. The van der Waals surface area contributed by atoms with Crippen LogP contribution in [0, 0.1) is 6.92 Å². The molecule has 3 aromatic heterocycles. The number of carbonyl (C=O) groups excluding carboxylic acids is 1. The van der Waals surface area contributed by atoms with Crippen LogP contribution in [0.25, 0.3) is 11.5 Å². The van der Waals surface area contributed by atoms with Crippen molar-refractivity contribution in [2.45, 2.75) is 38.9 Å². The molecule has 4 aromatic rings. The van der Waals surface area contributed by atoms with Gasteiger partial charge in [-0.25, -0.2) is 8.78 Å². The van der Waals surface area contributed by atoms with Crippen LogP contribution in [0.2, 0.25) is 0 Å². The second kappa shape index (κ2) is 9.17. The number of aromatic amines is 1. The summed E-state index contributed by atoms with van der Waals surface area (Å²) in [4.78, 5) is 16.8. The van der Waals surface area contributed by atoms with E-state index in [0.717, 1.165) is 12.1 Å². The molecule has 0 saturated carbocycles. The molecule has 0 aliphatic rings. The molecule has 1 atom stereocenters. The quantitative estimate of drug-likeness (QED) is 0.261. The number of pyridine rings is 1. The number of aryl methyl sites for hydroxylation is 1. The summed E-state index contributed by atoms with van der Waals surface area (Å²) >= 11 is 0. The number of amides is 1. The summed E-state index contributed by atoms with van der Waals surface area (Å²) in [6.07, 6.45) is -1.73. The molecule has 0 spiro atoms. The smallest absolute Gasteiger partial charge is 0.354 e. The molecule has 188 valence electrons. The number of nitrogens with zero attached hydrogens (tertiary/aromatic N) is 3. The Labute approximate surface area is 201 Å². The highest BCUT2D eigenvalue weighted by atomic mass is 19.4. The molecule has 4 rings (SSSR count). The Kier molecular flexibility index (Phi) is 6.37. The van der Waals surface area contributed by atoms with Crippen molar-refractivity contribution in [1.82, 2.24) is 15.2 Å². The van der Waals surface area contributed by atoms with E-state index in [4.69, 9.17) is 4.52 Å². The van der Waals surface area contributed by atoms with Crippen molar-refractivity contribution in [2.24, 2.45) is 0 Å². The molecule has 1 unspecified atom stereocenters. The first-order chi connectivity index (χ1) is 16.8. The maximum Gasteiger partial charge on any atom is 0.416 e. The second-order valence-corrected chi connectivity index (χ2v) is 8.30. The van der Waals surface area contributed by atoms with Crippen molar-refractivity contribution in [1.29, 1.82) is 0 Å². The topological polar surface area (TPSA) is 87.7 Å². The van der Waals surface area contributed by atoms with Gasteiger partial charge in [0.2, 0.25) is 12.2 Å². The molecule has 1 aromatic carbocycles. The fourth-order valence-corrected chi connectivity index (χ4v) is 3.68. The second-order valence-electron chi connectivity index (χ2n) is 8.30. The highest BCUT2D eigenvalue weighted by molar-refractivity contribution is 6.03. The van der Waals surface area contributed by atoms with Gasteiger partial charge < -0.3 is 9.84 Å². The first-order valence-electron chi connectivity index (χ1n) is 10.7. The lowest BCUT2D eigenvalue weighted by Crippen LogP contribution is -2.41. The normalized spacial score (nSPS) is 13.0. The van der Waals surface area contributed by atoms with E-state index >= 15 is 0 Å². The van der Waals surface area contributed by atoms with Crippen molar-refractivity contribution in [3.63, 3.8) is 0 Å². The number of benzene rings is 1. The van der Waals surface area contributed by atoms with E-state index < -0.39 is 35.2 Å². The minimum Gasteiger partial charge on any atom is -0.354 e. The van der Waals surface area contributed by atoms with Crippen LogP contribution in [0.4, 0.5) is 27.6 Å². The molecule has 2 N–H and O–H groups in total. The van der Waals surface area contributed by atoms with Crippen LogP contribution in [0.1, 0.15) is 52.8 Å². The summed E-state index contributed by atoms with van der Waals surface area (Å²) in [6, 6.07) is 8.07. The number of hydrogen-bond donors (Lipinski definition) is 2. The van der Waals surface area contributed by atoms with Crippen LogP contribution in [-0.2, 0) is 12.1 Å². The zero-order valence-corrected chi connectivity index (χ0v) is 19.3. The number of aromatic nitrogens is 4. The Morgan fingerprint density at radius 2 is 1.89 bits per heavy atom. The van der Waals surface area contributed by atoms with Crippen molar-refractivity contribution in [3.8, 4) is 11.5 Å². The number of nitrogens with one attached hydrogen (secondary N) is 2. The van der Waals surface area contributed by atoms with Gasteiger partial charge in [0.05, 0.1) is 11.3 Å². The van der Waals surface area contributed by atoms with Gasteiger partial charge in [-0.1, -0.05) is 17.3 Å². The van der Waals surface area contributed by atoms with Crippen LogP contribution in [0.15, 0.2) is 59.4 Å². The number of rotatable bonds is 6. The average molecular weight is 506 g/mol. The zero-order valence-electron chi connectivity index (χ0n) is 19.3. The van der Waals surface area contributed by atoms with Crippen LogP contribution in [-0.4, -0.2) is 21.1 Å². The average Bonchev–Trinajstić information content (AvgIpc) is 3.45. The van der Waals surface area contributed by atoms with Crippen molar-refractivity contribution in [2.75, 3.05) is 5.32 Å². The molecule has 7 nitrogen and oxygen atoms in total. The Balaban J connectivity index is 1.59. The predicted molar refractivity (Wildman–Crippen MR) is 118 cm³/mol. The first kappa shape index (κ1) is 25.0. The molecule has 1 amide bonds. The van der Waals surface area contributed by atoms with Gasteiger partial charge in [0.25, 0.3) is 11.8 Å². The molecule has 0 aliphatic carbocycles. The lowest BCUT2D eigenvalue weighted by Gasteiger charge is -2.19. The van der Waals surface area contributed by atoms with Gasteiger partial charge in [-0.15, -0.1) is 4.68 Å². The molecule has 0 saturated heterocycles. The Morgan fingerprint density at radius 1 is 1.14 bits per heavy atom. The van der Waals surface area contributed by atoms with Crippen LogP contribution >= 0.6 is 0 Å². The summed E-state index contributed by atoms with van der Waals surface area (Å²) in [5.41, 5.74) is -0.601. The number of anilines is 1. The molecule has 3 heterocycles.